The molecule has 0 bridgehead atoms. The molecule has 0 aromatic carbocycles. The van der Waals surface area contributed by atoms with Crippen LogP contribution in [0.5, 0.6) is 0 Å². The minimum Gasteiger partial charge on any atom is -0.465 e. The van der Waals surface area contributed by atoms with Gasteiger partial charge >= 0.3 is 5.97 Å². The van der Waals surface area contributed by atoms with Gasteiger partial charge in [-0.25, -0.2) is 0 Å². The van der Waals surface area contributed by atoms with E-state index in [1.54, 1.807) is 0 Å². The Labute approximate surface area is 206 Å². The van der Waals surface area contributed by atoms with Gasteiger partial charge in [-0.05, 0) is 110 Å². The average Bonchev–Trinajstić information content (AvgIpc) is 2.54. The lowest BCUT2D eigenvalue weighted by Gasteiger charge is -2.33. The Kier molecular flexibility index (Phi) is 15.0. The van der Waals surface area contributed by atoms with Crippen molar-refractivity contribution in [1.82, 2.24) is 0 Å². The van der Waals surface area contributed by atoms with E-state index in [1.165, 1.54) is 12.5 Å². The Morgan fingerprint density at radius 3 is 1.62 bits per heavy atom. The zero-order valence-electron chi connectivity index (χ0n) is 24.5. The van der Waals surface area contributed by atoms with Gasteiger partial charge in [-0.3, -0.25) is 4.79 Å². The number of carbonyl (C=O) groups is 1. The molecule has 1 unspecified atom stereocenters. The van der Waals surface area contributed by atoms with Crippen LogP contribution in [0.25, 0.3) is 0 Å². The maximum Gasteiger partial charge on any atom is 0.311 e. The molecule has 0 aromatic rings. The molecule has 0 rings (SSSR count). The van der Waals surface area contributed by atoms with E-state index in [1.807, 2.05) is 20.8 Å². The van der Waals surface area contributed by atoms with Crippen LogP contribution in [0.1, 0.15) is 53.9 Å². The molecule has 0 radical (unpaired) electrons. The smallest absolute Gasteiger partial charge is 0.311 e. The maximum atomic E-state index is 11.8. The molecule has 0 fully saturated rings. The normalized spacial score (nSPS) is 14.5. The Morgan fingerprint density at radius 2 is 1.25 bits per heavy atom. The number of rotatable bonds is 13. The summed E-state index contributed by atoms with van der Waals surface area (Å²) in [6, 6.07) is 2.37. The molecule has 32 heavy (non-hydrogen) atoms. The summed E-state index contributed by atoms with van der Waals surface area (Å²) in [5.74, 6) is 0.749. The minimum absolute atomic E-state index is 0.0828. The van der Waals surface area contributed by atoms with Gasteiger partial charge in [-0.1, -0.05) is 27.2 Å². The second-order valence-electron chi connectivity index (χ2n) is 13.1. The molecule has 4 nitrogen and oxygen atoms in total. The van der Waals surface area contributed by atoms with Crippen LogP contribution >= 0.6 is 0 Å². The summed E-state index contributed by atoms with van der Waals surface area (Å²) in [6.45, 7) is 33.8. The zero-order chi connectivity index (χ0) is 26.0. The van der Waals surface area contributed by atoms with E-state index >= 15 is 0 Å². The fourth-order valence-corrected chi connectivity index (χ4v) is 20.7. The molecule has 0 heterocycles. The lowest BCUT2D eigenvalue weighted by atomic mass is 9.91. The second-order valence-corrected chi connectivity index (χ2v) is 31.2. The lowest BCUT2D eigenvalue weighted by Crippen LogP contribution is -2.43. The van der Waals surface area contributed by atoms with Crippen molar-refractivity contribution in [3.05, 3.63) is 0 Å². The van der Waals surface area contributed by atoms with Crippen LogP contribution < -0.4 is 0 Å². The van der Waals surface area contributed by atoms with Crippen LogP contribution in [0.2, 0.25) is 77.6 Å². The van der Waals surface area contributed by atoms with E-state index in [-0.39, 0.29) is 11.4 Å². The number of hydrogen-bond donors (Lipinski definition) is 0. The molecule has 0 saturated heterocycles. The first kappa shape index (κ1) is 34.4. The van der Waals surface area contributed by atoms with Gasteiger partial charge in [0.05, 0.1) is 12.0 Å². The van der Waals surface area contributed by atoms with E-state index < -0.39 is 33.3 Å². The molecule has 0 aliphatic carbocycles. The van der Waals surface area contributed by atoms with E-state index in [0.717, 1.165) is 24.8 Å². The van der Waals surface area contributed by atoms with E-state index in [4.69, 9.17) is 13.0 Å². The van der Waals surface area contributed by atoms with Crippen molar-refractivity contribution in [1.29, 1.82) is 0 Å². The third kappa shape index (κ3) is 19.7. The van der Waals surface area contributed by atoms with E-state index in [2.05, 4.69) is 79.3 Å². The highest BCUT2D eigenvalue weighted by molar-refractivity contribution is 6.84. The topological polar surface area (TPSA) is 44.8 Å². The molecular weight excluding hydrogens is 465 g/mol. The van der Waals surface area contributed by atoms with Crippen molar-refractivity contribution in [2.45, 2.75) is 131 Å². The quantitative estimate of drug-likeness (QED) is 0.138. The summed E-state index contributed by atoms with van der Waals surface area (Å²) < 4.78 is 17.9. The largest absolute Gasteiger partial charge is 0.465 e. The molecule has 0 aliphatic rings. The first-order chi connectivity index (χ1) is 14.1. The second kappa shape index (κ2) is 14.0. The standard InChI is InChI=1S/C14H32O3Si2.C10H26OSi2/c1-9-14(2,3)13(15)16-11-10-12-19(7,8)17-18(4,5)6;1-8-10(2)9-13(6,7)11-12(3,4)5/h9-12H2,1-8H3;10H,8-9H2,1-7H3. The molecule has 0 spiro atoms. The summed E-state index contributed by atoms with van der Waals surface area (Å²) in [5, 5.41) is 0. The summed E-state index contributed by atoms with van der Waals surface area (Å²) in [4.78, 5) is 11.8. The van der Waals surface area contributed by atoms with Gasteiger partial charge in [0.1, 0.15) is 0 Å². The molecule has 0 N–H and O–H groups in total. The van der Waals surface area contributed by atoms with Crippen molar-refractivity contribution in [3.63, 3.8) is 0 Å². The zero-order valence-corrected chi connectivity index (χ0v) is 28.5. The third-order valence-corrected chi connectivity index (χ3v) is 17.9. The molecular formula is C24H58O4Si4. The Bertz CT molecular complexity index is 535. The van der Waals surface area contributed by atoms with Crippen LogP contribution in [0.3, 0.4) is 0 Å². The first-order valence-corrected chi connectivity index (χ1v) is 25.7. The number of esters is 1. The lowest BCUT2D eigenvalue weighted by molar-refractivity contribution is -0.154. The molecule has 0 amide bonds. The molecule has 1 atom stereocenters. The van der Waals surface area contributed by atoms with Crippen molar-refractivity contribution in [2.75, 3.05) is 6.61 Å². The van der Waals surface area contributed by atoms with Gasteiger partial charge in [0, 0.05) is 0 Å². The summed E-state index contributed by atoms with van der Waals surface area (Å²) in [6.07, 6.45) is 3.01. The Balaban J connectivity index is 0. The molecule has 8 heteroatoms. The first-order valence-electron chi connectivity index (χ1n) is 12.6. The molecule has 0 saturated carbocycles. The molecule has 194 valence electrons. The van der Waals surface area contributed by atoms with Crippen LogP contribution in [0, 0.1) is 11.3 Å². The molecule has 0 aromatic heterocycles. The fraction of sp³-hybridized carbons (Fsp3) is 0.958. The number of carbonyl (C=O) groups excluding carboxylic acids is 1. The van der Waals surface area contributed by atoms with Crippen molar-refractivity contribution >= 4 is 39.2 Å². The fourth-order valence-electron chi connectivity index (χ4n) is 3.74. The van der Waals surface area contributed by atoms with Gasteiger partial charge in [-0.2, -0.15) is 0 Å². The minimum atomic E-state index is -1.59. The van der Waals surface area contributed by atoms with Crippen molar-refractivity contribution in [2.24, 2.45) is 11.3 Å². The Morgan fingerprint density at radius 1 is 0.812 bits per heavy atom. The van der Waals surface area contributed by atoms with Crippen molar-refractivity contribution < 1.29 is 17.8 Å². The predicted molar refractivity (Wildman–Crippen MR) is 153 cm³/mol. The van der Waals surface area contributed by atoms with Crippen LogP contribution in [0.4, 0.5) is 0 Å². The Hall–Kier alpha value is 0.258. The van der Waals surface area contributed by atoms with Crippen LogP contribution in [-0.2, 0) is 17.8 Å². The maximum absolute atomic E-state index is 11.8. The van der Waals surface area contributed by atoms with Gasteiger partial charge < -0.3 is 13.0 Å². The monoisotopic (exact) mass is 522 g/mol. The van der Waals surface area contributed by atoms with E-state index in [0.29, 0.717) is 6.61 Å². The summed E-state index contributed by atoms with van der Waals surface area (Å²) in [5.41, 5.74) is -0.359. The van der Waals surface area contributed by atoms with Crippen LogP contribution in [0.15, 0.2) is 0 Å². The van der Waals surface area contributed by atoms with Gasteiger partial charge in [0.15, 0.2) is 33.3 Å². The van der Waals surface area contributed by atoms with Gasteiger partial charge in [0.25, 0.3) is 0 Å². The highest BCUT2D eigenvalue weighted by Crippen LogP contribution is 2.24. The number of hydrogen-bond acceptors (Lipinski definition) is 4. The van der Waals surface area contributed by atoms with Gasteiger partial charge in [-0.15, -0.1) is 0 Å². The number of ether oxygens (including phenoxy) is 1. The average molecular weight is 523 g/mol. The van der Waals surface area contributed by atoms with Gasteiger partial charge in [0.2, 0.25) is 0 Å². The van der Waals surface area contributed by atoms with Crippen LogP contribution in [-0.4, -0.2) is 45.8 Å². The molecule has 0 aliphatic heterocycles. The SMILES string of the molecule is CCC(C)(C)C(=O)OCCC[Si](C)(C)O[Si](C)(C)C.CCC(C)C[Si](C)(C)O[Si](C)(C)C. The van der Waals surface area contributed by atoms with E-state index in [9.17, 15) is 4.79 Å². The summed E-state index contributed by atoms with van der Waals surface area (Å²) >= 11 is 0. The predicted octanol–water partition coefficient (Wildman–Crippen LogP) is 8.50. The summed E-state index contributed by atoms with van der Waals surface area (Å²) in [7, 11) is -5.72. The highest BCUT2D eigenvalue weighted by Gasteiger charge is 2.31. The third-order valence-electron chi connectivity index (χ3n) is 5.29. The highest BCUT2D eigenvalue weighted by atomic mass is 28.4. The van der Waals surface area contributed by atoms with Crippen molar-refractivity contribution in [3.8, 4) is 0 Å².